The zero-order valence-corrected chi connectivity index (χ0v) is 12.0. The number of aliphatic hydroxyl groups excluding tert-OH is 1. The van der Waals surface area contributed by atoms with Gasteiger partial charge < -0.3 is 10.4 Å². The van der Waals surface area contributed by atoms with Gasteiger partial charge in [0.05, 0.1) is 6.61 Å². The molecule has 0 aromatic heterocycles. The van der Waals surface area contributed by atoms with Crippen LogP contribution in [0.25, 0.3) is 0 Å². The van der Waals surface area contributed by atoms with Crippen LogP contribution >= 0.6 is 27.7 Å². The van der Waals surface area contributed by atoms with E-state index in [1.165, 1.54) is 5.56 Å². The van der Waals surface area contributed by atoms with Gasteiger partial charge in [-0.3, -0.25) is 0 Å². The Morgan fingerprint density at radius 2 is 2.12 bits per heavy atom. The monoisotopic (exact) mass is 303 g/mol. The fourth-order valence-electron chi connectivity index (χ4n) is 1.48. The van der Waals surface area contributed by atoms with Crippen molar-refractivity contribution in [3.63, 3.8) is 0 Å². The molecule has 0 spiro atoms. The Hall–Kier alpha value is -0.0300. The third kappa shape index (κ3) is 4.09. The van der Waals surface area contributed by atoms with Gasteiger partial charge in [-0.1, -0.05) is 34.1 Å². The molecular weight excluding hydrogens is 286 g/mol. The van der Waals surface area contributed by atoms with Gasteiger partial charge in [0.1, 0.15) is 0 Å². The van der Waals surface area contributed by atoms with Crippen molar-refractivity contribution in [1.29, 1.82) is 0 Å². The van der Waals surface area contributed by atoms with Gasteiger partial charge in [-0.15, -0.1) is 0 Å². The topological polar surface area (TPSA) is 32.3 Å². The number of halogens is 1. The van der Waals surface area contributed by atoms with Crippen LogP contribution < -0.4 is 5.32 Å². The van der Waals surface area contributed by atoms with Gasteiger partial charge in [-0.05, 0) is 24.8 Å². The van der Waals surface area contributed by atoms with E-state index >= 15 is 0 Å². The van der Waals surface area contributed by atoms with Crippen LogP contribution in [0.15, 0.2) is 28.7 Å². The van der Waals surface area contributed by atoms with Gasteiger partial charge in [-0.2, -0.15) is 11.8 Å². The Morgan fingerprint density at radius 1 is 1.44 bits per heavy atom. The van der Waals surface area contributed by atoms with Crippen LogP contribution in [0.5, 0.6) is 0 Å². The van der Waals surface area contributed by atoms with E-state index in [0.717, 1.165) is 11.0 Å². The van der Waals surface area contributed by atoms with E-state index in [1.54, 1.807) is 11.8 Å². The Bertz CT molecular complexity index is 318. The molecule has 2 nitrogen and oxygen atoms in total. The van der Waals surface area contributed by atoms with Gasteiger partial charge in [-0.25, -0.2) is 0 Å². The molecule has 2 N–H and O–H groups in total. The minimum absolute atomic E-state index is 0.214. The fraction of sp³-hybridized carbons (Fsp3) is 0.500. The van der Waals surface area contributed by atoms with E-state index in [0.29, 0.717) is 6.04 Å². The summed E-state index contributed by atoms with van der Waals surface area (Å²) in [7, 11) is 0. The number of aliphatic hydroxyl groups is 1. The summed E-state index contributed by atoms with van der Waals surface area (Å²) in [6.07, 6.45) is 2.03. The molecule has 0 amide bonds. The van der Waals surface area contributed by atoms with E-state index in [4.69, 9.17) is 0 Å². The van der Waals surface area contributed by atoms with Crippen molar-refractivity contribution in [1.82, 2.24) is 5.32 Å². The molecule has 1 rings (SSSR count). The summed E-state index contributed by atoms with van der Waals surface area (Å²) in [5.74, 6) is 0. The predicted molar refractivity (Wildman–Crippen MR) is 74.8 cm³/mol. The third-order valence-corrected chi connectivity index (χ3v) is 4.55. The van der Waals surface area contributed by atoms with Crippen LogP contribution in [0, 0.1) is 0 Å². The van der Waals surface area contributed by atoms with Crippen molar-refractivity contribution in [3.8, 4) is 0 Å². The molecule has 0 bridgehead atoms. The average molecular weight is 304 g/mol. The van der Waals surface area contributed by atoms with Gasteiger partial charge in [0.15, 0.2) is 0 Å². The van der Waals surface area contributed by atoms with Crippen molar-refractivity contribution in [2.45, 2.75) is 24.8 Å². The molecule has 2 unspecified atom stereocenters. The molecule has 0 aliphatic rings. The summed E-state index contributed by atoms with van der Waals surface area (Å²) < 4.78 is 1.12. The third-order valence-electron chi connectivity index (χ3n) is 2.61. The highest BCUT2D eigenvalue weighted by Crippen LogP contribution is 2.16. The Balaban J connectivity index is 2.48. The van der Waals surface area contributed by atoms with Crippen molar-refractivity contribution in [2.75, 3.05) is 12.9 Å². The summed E-state index contributed by atoms with van der Waals surface area (Å²) in [4.78, 5) is 0. The summed E-state index contributed by atoms with van der Waals surface area (Å²) >= 11 is 5.22. The molecule has 0 fully saturated rings. The molecule has 1 aromatic rings. The first-order valence-electron chi connectivity index (χ1n) is 5.29. The standard InChI is InChI=1S/C12H18BrNOS/c1-9(12(8-15)16-2)14-7-10-5-3-4-6-11(10)13/h3-6,9,12,14-15H,7-8H2,1-2H3. The minimum atomic E-state index is 0.214. The van der Waals surface area contributed by atoms with E-state index in [1.807, 2.05) is 24.5 Å². The van der Waals surface area contributed by atoms with Crippen molar-refractivity contribution in [2.24, 2.45) is 0 Å². The van der Waals surface area contributed by atoms with Gasteiger partial charge >= 0.3 is 0 Å². The normalized spacial score (nSPS) is 14.8. The maximum Gasteiger partial charge on any atom is 0.0564 e. The first-order valence-corrected chi connectivity index (χ1v) is 7.37. The molecule has 0 saturated carbocycles. The predicted octanol–water partition coefficient (Wildman–Crippen LogP) is 2.65. The number of benzene rings is 1. The smallest absolute Gasteiger partial charge is 0.0564 e. The number of nitrogens with one attached hydrogen (secondary N) is 1. The molecule has 0 radical (unpaired) electrons. The molecule has 0 heterocycles. The highest BCUT2D eigenvalue weighted by Gasteiger charge is 2.14. The van der Waals surface area contributed by atoms with E-state index in [-0.39, 0.29) is 11.9 Å². The van der Waals surface area contributed by atoms with Crippen LogP contribution in [-0.4, -0.2) is 29.3 Å². The van der Waals surface area contributed by atoms with Gasteiger partial charge in [0.2, 0.25) is 0 Å². The molecular formula is C12H18BrNOS. The molecule has 2 atom stereocenters. The summed E-state index contributed by atoms with van der Waals surface area (Å²) in [6.45, 7) is 3.14. The lowest BCUT2D eigenvalue weighted by Gasteiger charge is -2.21. The molecule has 0 aliphatic carbocycles. The van der Waals surface area contributed by atoms with E-state index < -0.39 is 0 Å². The fourth-order valence-corrected chi connectivity index (χ4v) is 2.56. The first-order chi connectivity index (χ1) is 7.69. The van der Waals surface area contributed by atoms with E-state index in [9.17, 15) is 5.11 Å². The number of thioether (sulfide) groups is 1. The second-order valence-corrected chi connectivity index (χ2v) is 5.65. The molecule has 1 aromatic carbocycles. The number of rotatable bonds is 6. The largest absolute Gasteiger partial charge is 0.395 e. The molecule has 0 saturated heterocycles. The van der Waals surface area contributed by atoms with Crippen molar-refractivity contribution in [3.05, 3.63) is 34.3 Å². The lowest BCUT2D eigenvalue weighted by molar-refractivity contribution is 0.276. The SMILES string of the molecule is CSC(CO)C(C)NCc1ccccc1Br. The highest BCUT2D eigenvalue weighted by molar-refractivity contribution is 9.10. The van der Waals surface area contributed by atoms with E-state index in [2.05, 4.69) is 34.2 Å². The zero-order chi connectivity index (χ0) is 12.0. The van der Waals surface area contributed by atoms with Crippen molar-refractivity contribution >= 4 is 27.7 Å². The maximum atomic E-state index is 9.18. The summed E-state index contributed by atoms with van der Waals surface area (Å²) in [6, 6.07) is 8.48. The maximum absolute atomic E-state index is 9.18. The molecule has 16 heavy (non-hydrogen) atoms. The lowest BCUT2D eigenvalue weighted by atomic mass is 10.2. The Kier molecular flexibility index (Phi) is 6.43. The quantitative estimate of drug-likeness (QED) is 0.847. The van der Waals surface area contributed by atoms with Crippen LogP contribution in [0.4, 0.5) is 0 Å². The Morgan fingerprint density at radius 3 is 2.69 bits per heavy atom. The number of hydrogen-bond donors (Lipinski definition) is 2. The molecule has 4 heteroatoms. The molecule has 90 valence electrons. The second-order valence-electron chi connectivity index (χ2n) is 3.72. The number of hydrogen-bond acceptors (Lipinski definition) is 3. The average Bonchev–Trinajstić information content (AvgIpc) is 2.29. The van der Waals surface area contributed by atoms with Crippen LogP contribution in [0.1, 0.15) is 12.5 Å². The zero-order valence-electron chi connectivity index (χ0n) is 9.61. The Labute approximate surface area is 110 Å². The minimum Gasteiger partial charge on any atom is -0.395 e. The van der Waals surface area contributed by atoms with Crippen molar-refractivity contribution < 1.29 is 5.11 Å². The van der Waals surface area contributed by atoms with Crippen LogP contribution in [0.3, 0.4) is 0 Å². The summed E-state index contributed by atoms with van der Waals surface area (Å²) in [5, 5.41) is 12.9. The lowest BCUT2D eigenvalue weighted by Crippen LogP contribution is -2.37. The molecule has 0 aliphatic heterocycles. The van der Waals surface area contributed by atoms with Crippen LogP contribution in [0.2, 0.25) is 0 Å². The highest BCUT2D eigenvalue weighted by atomic mass is 79.9. The van der Waals surface area contributed by atoms with Gasteiger partial charge in [0, 0.05) is 22.3 Å². The van der Waals surface area contributed by atoms with Crippen LogP contribution in [-0.2, 0) is 6.54 Å². The summed E-state index contributed by atoms with van der Waals surface area (Å²) in [5.41, 5.74) is 1.24. The first kappa shape index (κ1) is 14.0. The van der Waals surface area contributed by atoms with Gasteiger partial charge in [0.25, 0.3) is 0 Å². The second kappa shape index (κ2) is 7.33.